The molecule has 0 saturated heterocycles. The van der Waals surface area contributed by atoms with E-state index in [9.17, 15) is 9.59 Å². The molecule has 6 nitrogen and oxygen atoms in total. The predicted molar refractivity (Wildman–Crippen MR) is 107 cm³/mol. The summed E-state index contributed by atoms with van der Waals surface area (Å²) in [5.74, 6) is 0.509. The number of H-pyrrole nitrogens is 1. The van der Waals surface area contributed by atoms with Crippen LogP contribution in [0, 0.1) is 13.8 Å². The van der Waals surface area contributed by atoms with Crippen molar-refractivity contribution in [1.29, 1.82) is 0 Å². The number of benzene rings is 1. The summed E-state index contributed by atoms with van der Waals surface area (Å²) < 4.78 is 7.57. The normalized spacial score (nSPS) is 11.2. The van der Waals surface area contributed by atoms with Gasteiger partial charge in [0.15, 0.2) is 0 Å². The number of ether oxygens (including phenoxy) is 1. The van der Waals surface area contributed by atoms with E-state index in [1.165, 1.54) is 0 Å². The average molecular weight is 367 g/mol. The second-order valence-corrected chi connectivity index (χ2v) is 7.02. The number of carbonyl (C=O) groups is 1. The van der Waals surface area contributed by atoms with Crippen LogP contribution in [-0.2, 0) is 6.54 Å². The number of aryl methyl sites for hydroxylation is 2. The molecule has 0 fully saturated rings. The van der Waals surface area contributed by atoms with Crippen LogP contribution in [0.1, 0.15) is 47.1 Å². The largest absolute Gasteiger partial charge is 0.495 e. The number of amides is 1. The Hall–Kier alpha value is -3.02. The number of nitrogens with one attached hydrogen (secondary N) is 2. The number of aromatic nitrogens is 2. The Balaban J connectivity index is 1.94. The first-order valence-corrected chi connectivity index (χ1v) is 8.98. The van der Waals surface area contributed by atoms with Crippen molar-refractivity contribution in [3.8, 4) is 5.75 Å². The number of aromatic amines is 1. The first kappa shape index (κ1) is 18.8. The average Bonchev–Trinajstić information content (AvgIpc) is 3.05. The second-order valence-electron chi connectivity index (χ2n) is 7.02. The van der Waals surface area contributed by atoms with Crippen LogP contribution in [0.2, 0.25) is 0 Å². The van der Waals surface area contributed by atoms with Crippen molar-refractivity contribution < 1.29 is 9.53 Å². The third kappa shape index (κ3) is 3.47. The van der Waals surface area contributed by atoms with Crippen LogP contribution in [0.4, 0.5) is 0 Å². The molecule has 0 atom stereocenters. The second kappa shape index (κ2) is 7.31. The molecule has 0 spiro atoms. The summed E-state index contributed by atoms with van der Waals surface area (Å²) in [4.78, 5) is 27.8. The Morgan fingerprint density at radius 1 is 1.26 bits per heavy atom. The molecule has 0 bridgehead atoms. The summed E-state index contributed by atoms with van der Waals surface area (Å²) in [7, 11) is 1.62. The Bertz CT molecular complexity index is 1060. The third-order valence-corrected chi connectivity index (χ3v) is 4.78. The van der Waals surface area contributed by atoms with Crippen molar-refractivity contribution in [2.75, 3.05) is 7.11 Å². The predicted octanol–water partition coefficient (Wildman–Crippen LogP) is 3.47. The van der Waals surface area contributed by atoms with Crippen LogP contribution in [0.25, 0.3) is 10.9 Å². The third-order valence-electron chi connectivity index (χ3n) is 4.78. The highest BCUT2D eigenvalue weighted by Crippen LogP contribution is 2.31. The van der Waals surface area contributed by atoms with Gasteiger partial charge in [0.05, 0.1) is 12.6 Å². The maximum Gasteiger partial charge on any atom is 0.253 e. The van der Waals surface area contributed by atoms with Crippen molar-refractivity contribution in [3.05, 3.63) is 63.2 Å². The minimum Gasteiger partial charge on any atom is -0.495 e. The highest BCUT2D eigenvalue weighted by Gasteiger charge is 2.17. The molecule has 0 aliphatic carbocycles. The number of rotatable bonds is 5. The monoisotopic (exact) mass is 367 g/mol. The molecule has 1 aromatic carbocycles. The molecule has 6 heteroatoms. The smallest absolute Gasteiger partial charge is 0.253 e. The lowest BCUT2D eigenvalue weighted by molar-refractivity contribution is 0.0952. The van der Waals surface area contributed by atoms with Gasteiger partial charge in [-0.3, -0.25) is 9.59 Å². The molecule has 0 unspecified atom stereocenters. The van der Waals surface area contributed by atoms with Gasteiger partial charge in [-0.05, 0) is 57.5 Å². The van der Waals surface area contributed by atoms with E-state index in [4.69, 9.17) is 4.74 Å². The Labute approximate surface area is 158 Å². The lowest BCUT2D eigenvalue weighted by atomic mass is 10.1. The van der Waals surface area contributed by atoms with Gasteiger partial charge in [-0.15, -0.1) is 0 Å². The first-order chi connectivity index (χ1) is 12.8. The topological polar surface area (TPSA) is 76.1 Å². The SMILES string of the molecule is COc1ccc(C(=O)NCc2c(C)cc(C)[nH]c2=O)c2ccn(C(C)C)c12. The van der Waals surface area contributed by atoms with Crippen molar-refractivity contribution in [1.82, 2.24) is 14.9 Å². The summed E-state index contributed by atoms with van der Waals surface area (Å²) in [5, 5.41) is 3.70. The maximum absolute atomic E-state index is 12.8. The van der Waals surface area contributed by atoms with Gasteiger partial charge in [0, 0.05) is 41.0 Å². The number of carbonyl (C=O) groups excluding carboxylic acids is 1. The number of hydrogen-bond donors (Lipinski definition) is 2. The fourth-order valence-electron chi connectivity index (χ4n) is 3.41. The van der Waals surface area contributed by atoms with Gasteiger partial charge in [0.2, 0.25) is 0 Å². The van der Waals surface area contributed by atoms with E-state index in [0.29, 0.717) is 11.1 Å². The maximum atomic E-state index is 12.8. The quantitative estimate of drug-likeness (QED) is 0.725. The molecule has 27 heavy (non-hydrogen) atoms. The zero-order valence-electron chi connectivity index (χ0n) is 16.3. The Kier molecular flexibility index (Phi) is 5.08. The first-order valence-electron chi connectivity index (χ1n) is 8.98. The number of pyridine rings is 1. The molecule has 2 heterocycles. The molecule has 2 aromatic heterocycles. The lowest BCUT2D eigenvalue weighted by Crippen LogP contribution is -2.28. The molecule has 0 saturated carbocycles. The van der Waals surface area contributed by atoms with E-state index in [0.717, 1.165) is 27.9 Å². The number of nitrogens with zero attached hydrogens (tertiary/aromatic N) is 1. The van der Waals surface area contributed by atoms with Crippen LogP contribution in [0.3, 0.4) is 0 Å². The molecule has 0 radical (unpaired) electrons. The molecular formula is C21H25N3O3. The minimum absolute atomic E-state index is 0.168. The number of hydrogen-bond acceptors (Lipinski definition) is 3. The van der Waals surface area contributed by atoms with Gasteiger partial charge in [-0.1, -0.05) is 0 Å². The Morgan fingerprint density at radius 3 is 2.63 bits per heavy atom. The summed E-state index contributed by atoms with van der Waals surface area (Å²) in [6.07, 6.45) is 1.96. The van der Waals surface area contributed by atoms with Gasteiger partial charge < -0.3 is 19.6 Å². The van der Waals surface area contributed by atoms with Gasteiger partial charge in [0.1, 0.15) is 5.75 Å². The highest BCUT2D eigenvalue weighted by atomic mass is 16.5. The van der Waals surface area contributed by atoms with Crippen LogP contribution < -0.4 is 15.6 Å². The lowest BCUT2D eigenvalue weighted by Gasteiger charge is -2.14. The van der Waals surface area contributed by atoms with Crippen molar-refractivity contribution in [2.45, 2.75) is 40.3 Å². The van der Waals surface area contributed by atoms with Crippen molar-refractivity contribution in [3.63, 3.8) is 0 Å². The standard InChI is InChI=1S/C21H25N3O3/c1-12(2)24-9-8-15-16(6-7-18(27-5)19(15)24)20(25)22-11-17-13(3)10-14(4)23-21(17)26/h6-10,12H,11H2,1-5H3,(H,22,25)(H,23,26). The van der Waals surface area contributed by atoms with Crippen molar-refractivity contribution in [2.24, 2.45) is 0 Å². The molecule has 2 N–H and O–H groups in total. The molecule has 1 amide bonds. The fraction of sp³-hybridized carbons (Fsp3) is 0.333. The minimum atomic E-state index is -0.219. The summed E-state index contributed by atoms with van der Waals surface area (Å²) in [5.41, 5.74) is 3.52. The van der Waals surface area contributed by atoms with E-state index < -0.39 is 0 Å². The van der Waals surface area contributed by atoms with E-state index in [1.807, 2.05) is 32.2 Å². The molecule has 3 rings (SSSR count). The van der Waals surface area contributed by atoms with Gasteiger partial charge in [-0.25, -0.2) is 0 Å². The van der Waals surface area contributed by atoms with E-state index in [-0.39, 0.29) is 24.1 Å². The van der Waals surface area contributed by atoms with Crippen LogP contribution in [0.5, 0.6) is 5.75 Å². The molecule has 0 aliphatic rings. The van der Waals surface area contributed by atoms with Crippen molar-refractivity contribution >= 4 is 16.8 Å². The van der Waals surface area contributed by atoms with E-state index in [2.05, 4.69) is 28.7 Å². The van der Waals surface area contributed by atoms with Crippen LogP contribution in [-0.4, -0.2) is 22.6 Å². The summed E-state index contributed by atoms with van der Waals surface area (Å²) in [6.45, 7) is 8.05. The van der Waals surface area contributed by atoms with Gasteiger partial charge in [0.25, 0.3) is 11.5 Å². The van der Waals surface area contributed by atoms with E-state index in [1.54, 1.807) is 19.2 Å². The van der Waals surface area contributed by atoms with Gasteiger partial charge in [-0.2, -0.15) is 0 Å². The Morgan fingerprint density at radius 2 is 2.00 bits per heavy atom. The van der Waals surface area contributed by atoms with Gasteiger partial charge >= 0.3 is 0 Å². The number of fused-ring (bicyclic) bond motifs is 1. The summed E-state index contributed by atoms with van der Waals surface area (Å²) in [6, 6.07) is 7.63. The number of methoxy groups -OCH3 is 1. The fourth-order valence-corrected chi connectivity index (χ4v) is 3.41. The zero-order valence-corrected chi connectivity index (χ0v) is 16.3. The van der Waals surface area contributed by atoms with Crippen LogP contribution in [0.15, 0.2) is 35.3 Å². The zero-order chi connectivity index (χ0) is 19.7. The molecule has 142 valence electrons. The highest BCUT2D eigenvalue weighted by molar-refractivity contribution is 6.08. The summed E-state index contributed by atoms with van der Waals surface area (Å²) >= 11 is 0. The van der Waals surface area contributed by atoms with Crippen LogP contribution >= 0.6 is 0 Å². The van der Waals surface area contributed by atoms with E-state index >= 15 is 0 Å². The molecular weight excluding hydrogens is 342 g/mol. The molecule has 0 aliphatic heterocycles. The molecule has 3 aromatic rings.